The minimum absolute atomic E-state index is 0.0392. The second-order valence-electron chi connectivity index (χ2n) is 18.1. The first kappa shape index (κ1) is 35.7. The highest BCUT2D eigenvalue weighted by Gasteiger charge is 2.71. The van der Waals surface area contributed by atoms with Gasteiger partial charge < -0.3 is 14.5 Å². The Morgan fingerprint density at radius 1 is 0.925 bits per heavy atom. The second kappa shape index (κ2) is 12.9. The number of ether oxygens (including phenoxy) is 1. The van der Waals surface area contributed by atoms with Crippen LogP contribution in [0.5, 0.6) is 5.88 Å². The van der Waals surface area contributed by atoms with Crippen LogP contribution in [0.3, 0.4) is 0 Å². The molecule has 0 N–H and O–H groups in total. The molecule has 2 bridgehead atoms. The summed E-state index contributed by atoms with van der Waals surface area (Å²) in [6.07, 6.45) is 7.40. The molecule has 5 fully saturated rings. The van der Waals surface area contributed by atoms with Crippen molar-refractivity contribution in [1.82, 2.24) is 19.9 Å². The first-order valence-electron chi connectivity index (χ1n) is 19.5. The minimum atomic E-state index is -0.560. The van der Waals surface area contributed by atoms with Gasteiger partial charge in [0.25, 0.3) is 5.91 Å². The molecule has 1 spiro atoms. The van der Waals surface area contributed by atoms with Crippen molar-refractivity contribution in [2.24, 2.45) is 16.7 Å². The molecule has 278 valence electrons. The molecule has 9 rings (SSSR count). The van der Waals surface area contributed by atoms with Crippen LogP contribution in [-0.2, 0) is 0 Å². The number of benzene rings is 2. The highest BCUT2D eigenvalue weighted by Crippen LogP contribution is 2.70. The standard InChI is InChI=1S/C45H54FN5O2/c1-27-11-9-14-31(19-27)42(52)51(34(23-43(5,6)7)26-53-38-20-36(47-30(4)48-38)39-28(2)12-10-13-29(39)3)45-21-32(22-45)40(45)41-35(46)15-16-37(49-41)50(8)33-24-44(25-33)17-18-44/h9-16,19-20,32-34,40H,17-18,21-26H2,1-8H3/t32?,34-,40?,45?/m1/s1. The normalized spacial score (nSPS) is 23.0. The number of amides is 1. The summed E-state index contributed by atoms with van der Waals surface area (Å²) >= 11 is 0. The van der Waals surface area contributed by atoms with Crippen LogP contribution in [-0.4, -0.2) is 57.0 Å². The molecule has 1 amide bonds. The summed E-state index contributed by atoms with van der Waals surface area (Å²) in [5.74, 6) is 1.72. The maximum absolute atomic E-state index is 16.0. The van der Waals surface area contributed by atoms with Gasteiger partial charge in [-0.25, -0.2) is 14.4 Å². The van der Waals surface area contributed by atoms with E-state index in [9.17, 15) is 0 Å². The van der Waals surface area contributed by atoms with E-state index >= 15 is 9.18 Å². The Bertz CT molecular complexity index is 2030. The number of hydrogen-bond acceptors (Lipinski definition) is 6. The molecular weight excluding hydrogens is 662 g/mol. The van der Waals surface area contributed by atoms with Gasteiger partial charge in [0.1, 0.15) is 24.1 Å². The molecule has 4 aromatic rings. The molecule has 5 aliphatic rings. The summed E-state index contributed by atoms with van der Waals surface area (Å²) in [6, 6.07) is 19.6. The molecule has 53 heavy (non-hydrogen) atoms. The summed E-state index contributed by atoms with van der Waals surface area (Å²) in [6.45, 7) is 14.9. The molecule has 7 nitrogen and oxygen atoms in total. The minimum Gasteiger partial charge on any atom is -0.475 e. The monoisotopic (exact) mass is 715 g/mol. The van der Waals surface area contributed by atoms with Gasteiger partial charge in [0.05, 0.1) is 23.0 Å². The number of hydrogen-bond donors (Lipinski definition) is 0. The molecule has 2 atom stereocenters. The predicted molar refractivity (Wildman–Crippen MR) is 208 cm³/mol. The predicted octanol–water partition coefficient (Wildman–Crippen LogP) is 9.56. The number of pyridine rings is 1. The largest absolute Gasteiger partial charge is 0.475 e. The second-order valence-corrected chi connectivity index (χ2v) is 18.1. The van der Waals surface area contributed by atoms with Gasteiger partial charge in [-0.05, 0) is 125 Å². The van der Waals surface area contributed by atoms with E-state index in [0.717, 1.165) is 46.6 Å². The zero-order valence-electron chi connectivity index (χ0n) is 32.7. The van der Waals surface area contributed by atoms with Crippen molar-refractivity contribution >= 4 is 11.7 Å². The molecule has 0 radical (unpaired) electrons. The van der Waals surface area contributed by atoms with Crippen molar-refractivity contribution in [1.29, 1.82) is 0 Å². The van der Waals surface area contributed by atoms with E-state index in [0.29, 0.717) is 40.8 Å². The van der Waals surface area contributed by atoms with Crippen LogP contribution in [0.4, 0.5) is 10.2 Å². The first-order chi connectivity index (χ1) is 25.2. The van der Waals surface area contributed by atoms with Gasteiger partial charge in [-0.1, -0.05) is 56.7 Å². The Morgan fingerprint density at radius 2 is 1.62 bits per heavy atom. The lowest BCUT2D eigenvalue weighted by atomic mass is 9.40. The zero-order chi connectivity index (χ0) is 37.4. The molecule has 8 heteroatoms. The molecular formula is C45H54FN5O2. The average molecular weight is 716 g/mol. The molecule has 5 aliphatic carbocycles. The summed E-state index contributed by atoms with van der Waals surface area (Å²) < 4.78 is 22.7. The van der Waals surface area contributed by atoms with Crippen molar-refractivity contribution in [3.05, 3.63) is 100 Å². The van der Waals surface area contributed by atoms with Crippen LogP contribution in [0.2, 0.25) is 0 Å². The molecule has 2 heterocycles. The fourth-order valence-corrected chi connectivity index (χ4v) is 9.85. The molecule has 1 unspecified atom stereocenters. The third-order valence-electron chi connectivity index (χ3n) is 12.8. The molecule has 2 aromatic carbocycles. The number of nitrogens with zero attached hydrogens (tertiary/aromatic N) is 5. The maximum atomic E-state index is 16.0. The number of anilines is 1. The topological polar surface area (TPSA) is 71.5 Å². The summed E-state index contributed by atoms with van der Waals surface area (Å²) in [5, 5.41) is 0. The summed E-state index contributed by atoms with van der Waals surface area (Å²) in [7, 11) is 2.10. The molecule has 5 saturated carbocycles. The Hall–Kier alpha value is -4.33. The molecule has 0 saturated heterocycles. The van der Waals surface area contributed by atoms with Crippen LogP contribution < -0.4 is 9.64 Å². The zero-order valence-corrected chi connectivity index (χ0v) is 32.7. The van der Waals surface area contributed by atoms with Crippen molar-refractivity contribution < 1.29 is 13.9 Å². The fourth-order valence-electron chi connectivity index (χ4n) is 9.85. The lowest BCUT2D eigenvalue weighted by Crippen LogP contribution is -2.77. The number of carbonyl (C=O) groups excluding carboxylic acids is 1. The van der Waals surface area contributed by atoms with Crippen LogP contribution >= 0.6 is 0 Å². The Morgan fingerprint density at radius 3 is 2.25 bits per heavy atom. The average Bonchev–Trinajstić information content (AvgIpc) is 3.85. The third-order valence-corrected chi connectivity index (χ3v) is 12.8. The lowest BCUT2D eigenvalue weighted by molar-refractivity contribution is -0.173. The van der Waals surface area contributed by atoms with Gasteiger partial charge in [0.15, 0.2) is 0 Å². The van der Waals surface area contributed by atoms with Gasteiger partial charge in [0, 0.05) is 36.2 Å². The SMILES string of the molecule is Cc1cccc(C(=O)N([C@@H](COc2cc(-c3c(C)cccc3C)nc(C)n2)CC(C)(C)C)C23CC(C2)C3c2nc(N(C)C3CC4(CC4)C3)ccc2F)c1. The van der Waals surface area contributed by atoms with Gasteiger partial charge in [-0.2, -0.15) is 4.98 Å². The van der Waals surface area contributed by atoms with Crippen molar-refractivity contribution in [2.45, 2.75) is 117 Å². The number of carbonyl (C=O) groups is 1. The van der Waals surface area contributed by atoms with Crippen LogP contribution in [0.15, 0.2) is 60.7 Å². The van der Waals surface area contributed by atoms with Gasteiger partial charge in [-0.3, -0.25) is 4.79 Å². The number of halogens is 1. The van der Waals surface area contributed by atoms with E-state index in [4.69, 9.17) is 19.7 Å². The summed E-state index contributed by atoms with van der Waals surface area (Å²) in [5.41, 5.74) is 6.22. The van der Waals surface area contributed by atoms with Gasteiger partial charge in [-0.15, -0.1) is 0 Å². The Balaban J connectivity index is 1.15. The Kier molecular flexibility index (Phi) is 8.69. The van der Waals surface area contributed by atoms with Crippen LogP contribution in [0.1, 0.15) is 110 Å². The Labute approximate surface area is 314 Å². The van der Waals surface area contributed by atoms with E-state index in [2.05, 4.69) is 69.7 Å². The van der Waals surface area contributed by atoms with Crippen LogP contribution in [0, 0.1) is 50.3 Å². The van der Waals surface area contributed by atoms with Crippen molar-refractivity contribution in [2.75, 3.05) is 18.6 Å². The third kappa shape index (κ3) is 6.50. The highest BCUT2D eigenvalue weighted by atomic mass is 19.1. The first-order valence-corrected chi connectivity index (χ1v) is 19.5. The number of rotatable bonds is 11. The smallest absolute Gasteiger partial charge is 0.254 e. The van der Waals surface area contributed by atoms with E-state index in [1.165, 1.54) is 25.7 Å². The fraction of sp³-hybridized carbons (Fsp3) is 0.511. The number of aromatic nitrogens is 3. The van der Waals surface area contributed by atoms with E-state index < -0.39 is 5.54 Å². The van der Waals surface area contributed by atoms with Gasteiger partial charge in [0.2, 0.25) is 5.88 Å². The van der Waals surface area contributed by atoms with Crippen LogP contribution in [0.25, 0.3) is 11.3 Å². The highest BCUT2D eigenvalue weighted by molar-refractivity contribution is 5.95. The van der Waals surface area contributed by atoms with Crippen molar-refractivity contribution in [3.8, 4) is 17.1 Å². The van der Waals surface area contributed by atoms with E-state index in [1.54, 1.807) is 6.07 Å². The van der Waals surface area contributed by atoms with E-state index in [1.807, 2.05) is 50.2 Å². The lowest BCUT2D eigenvalue weighted by Gasteiger charge is -2.72. The molecule has 0 aliphatic heterocycles. The quantitative estimate of drug-likeness (QED) is 0.154. The maximum Gasteiger partial charge on any atom is 0.254 e. The summed E-state index contributed by atoms with van der Waals surface area (Å²) in [4.78, 5) is 34.0. The van der Waals surface area contributed by atoms with E-state index in [-0.39, 0.29) is 41.6 Å². The van der Waals surface area contributed by atoms with Gasteiger partial charge >= 0.3 is 0 Å². The number of aryl methyl sites for hydroxylation is 4. The van der Waals surface area contributed by atoms with Crippen molar-refractivity contribution in [3.63, 3.8) is 0 Å². The molecule has 2 aromatic heterocycles.